The van der Waals surface area contributed by atoms with Gasteiger partial charge in [-0.2, -0.15) is 0 Å². The average Bonchev–Trinajstić information content (AvgIpc) is 3.07. The van der Waals surface area contributed by atoms with E-state index in [1.165, 1.54) is 10.9 Å². The Hall–Kier alpha value is -1.37. The van der Waals surface area contributed by atoms with Crippen LogP contribution in [0, 0.1) is 0 Å². The second-order valence-corrected chi connectivity index (χ2v) is 7.59. The molecule has 1 aliphatic heterocycles. The van der Waals surface area contributed by atoms with Crippen molar-refractivity contribution in [2.45, 2.75) is 25.1 Å². The van der Waals surface area contributed by atoms with Crippen LogP contribution in [0.3, 0.4) is 0 Å². The number of rotatable bonds is 5. The van der Waals surface area contributed by atoms with Crippen molar-refractivity contribution in [1.29, 1.82) is 0 Å². The number of aromatic amines is 1. The molecule has 1 aliphatic rings. The van der Waals surface area contributed by atoms with Gasteiger partial charge in [-0.3, -0.25) is 4.90 Å². The molecule has 21 heavy (non-hydrogen) atoms. The molecule has 1 saturated heterocycles. The normalized spacial score (nSPS) is 20.3. The van der Waals surface area contributed by atoms with Crippen molar-refractivity contribution in [3.63, 3.8) is 0 Å². The molecule has 1 atom stereocenters. The molecule has 2 aromatic rings. The molecule has 0 bridgehead atoms. The third kappa shape index (κ3) is 2.97. The molecule has 1 fully saturated rings. The lowest BCUT2D eigenvalue weighted by Crippen LogP contribution is -2.36. The third-order valence-electron chi connectivity index (χ3n) is 4.09. The Kier molecular flexibility index (Phi) is 4.01. The van der Waals surface area contributed by atoms with Crippen molar-refractivity contribution in [2.24, 2.45) is 0 Å². The van der Waals surface area contributed by atoms with Crippen LogP contribution >= 0.6 is 0 Å². The predicted molar refractivity (Wildman–Crippen MR) is 84.6 cm³/mol. The van der Waals surface area contributed by atoms with E-state index in [1.807, 2.05) is 19.2 Å². The Labute approximate surface area is 125 Å². The van der Waals surface area contributed by atoms with Gasteiger partial charge in [-0.1, -0.05) is 19.1 Å². The van der Waals surface area contributed by atoms with E-state index in [9.17, 15) is 8.42 Å². The number of aromatic nitrogens is 1. The van der Waals surface area contributed by atoms with E-state index in [0.29, 0.717) is 19.5 Å². The van der Waals surface area contributed by atoms with Crippen LogP contribution in [-0.4, -0.2) is 43.2 Å². The monoisotopic (exact) mass is 307 g/mol. The maximum absolute atomic E-state index is 12.1. The molecule has 0 radical (unpaired) electrons. The van der Waals surface area contributed by atoms with Crippen LogP contribution in [0.2, 0.25) is 0 Å². The predicted octanol–water partition coefficient (Wildman–Crippen LogP) is 1.68. The van der Waals surface area contributed by atoms with Gasteiger partial charge in [0.25, 0.3) is 0 Å². The summed E-state index contributed by atoms with van der Waals surface area (Å²) in [6.07, 6.45) is 2.65. The zero-order valence-electron chi connectivity index (χ0n) is 12.2. The van der Waals surface area contributed by atoms with E-state index in [2.05, 4.69) is 32.8 Å². The standard InChI is InChI=1S/C15H21N3O2S/c1-2-17-21(19,20)13-7-9-18(11-13)10-12-4-3-5-15-14(12)6-8-16-15/h3-6,8,13,16-17H,2,7,9-11H2,1H3/t13-/m1/s1. The van der Waals surface area contributed by atoms with Gasteiger partial charge in [0.05, 0.1) is 5.25 Å². The smallest absolute Gasteiger partial charge is 0.215 e. The van der Waals surface area contributed by atoms with Gasteiger partial charge in [0.2, 0.25) is 10.0 Å². The molecule has 1 aromatic heterocycles. The summed E-state index contributed by atoms with van der Waals surface area (Å²) in [5, 5.41) is 0.929. The summed E-state index contributed by atoms with van der Waals surface area (Å²) in [6, 6.07) is 8.29. The fourth-order valence-electron chi connectivity index (χ4n) is 3.04. The van der Waals surface area contributed by atoms with Gasteiger partial charge in [0, 0.05) is 36.7 Å². The Morgan fingerprint density at radius 3 is 3.05 bits per heavy atom. The highest BCUT2D eigenvalue weighted by Crippen LogP contribution is 2.23. The Morgan fingerprint density at radius 2 is 2.24 bits per heavy atom. The maximum atomic E-state index is 12.1. The Balaban J connectivity index is 1.72. The van der Waals surface area contributed by atoms with Crippen molar-refractivity contribution < 1.29 is 8.42 Å². The van der Waals surface area contributed by atoms with E-state index in [-0.39, 0.29) is 5.25 Å². The summed E-state index contributed by atoms with van der Waals surface area (Å²) in [7, 11) is -3.16. The largest absolute Gasteiger partial charge is 0.361 e. The molecule has 0 saturated carbocycles. The first-order valence-electron chi connectivity index (χ1n) is 7.36. The summed E-state index contributed by atoms with van der Waals surface area (Å²) in [6.45, 7) is 4.51. The van der Waals surface area contributed by atoms with E-state index in [1.54, 1.807) is 0 Å². The van der Waals surface area contributed by atoms with Gasteiger partial charge >= 0.3 is 0 Å². The number of sulfonamides is 1. The summed E-state index contributed by atoms with van der Waals surface area (Å²) in [4.78, 5) is 5.43. The van der Waals surface area contributed by atoms with Crippen molar-refractivity contribution in [3.05, 3.63) is 36.0 Å². The molecule has 0 spiro atoms. The van der Waals surface area contributed by atoms with Gasteiger partial charge in [-0.05, 0) is 30.7 Å². The minimum absolute atomic E-state index is 0.289. The summed E-state index contributed by atoms with van der Waals surface area (Å²) in [5.74, 6) is 0. The molecule has 0 amide bonds. The number of hydrogen-bond donors (Lipinski definition) is 2. The molecule has 5 nitrogen and oxygen atoms in total. The van der Waals surface area contributed by atoms with Crippen LogP contribution in [0.1, 0.15) is 18.9 Å². The first kappa shape index (κ1) is 14.6. The topological polar surface area (TPSA) is 65.2 Å². The Morgan fingerprint density at radius 1 is 1.38 bits per heavy atom. The number of fused-ring (bicyclic) bond motifs is 1. The zero-order chi connectivity index (χ0) is 14.9. The van der Waals surface area contributed by atoms with Crippen LogP contribution in [0.15, 0.2) is 30.5 Å². The van der Waals surface area contributed by atoms with Crippen LogP contribution in [0.25, 0.3) is 10.9 Å². The summed E-state index contributed by atoms with van der Waals surface area (Å²) in [5.41, 5.74) is 2.37. The van der Waals surface area contributed by atoms with Crippen LogP contribution < -0.4 is 4.72 Å². The lowest BCUT2D eigenvalue weighted by atomic mass is 10.1. The minimum atomic E-state index is -3.16. The first-order chi connectivity index (χ1) is 10.1. The third-order valence-corrected chi connectivity index (χ3v) is 6.05. The molecular weight excluding hydrogens is 286 g/mol. The van der Waals surface area contributed by atoms with Gasteiger partial charge in [0.1, 0.15) is 0 Å². The number of likely N-dealkylation sites (tertiary alicyclic amines) is 1. The highest BCUT2D eigenvalue weighted by atomic mass is 32.2. The molecule has 2 heterocycles. The molecular formula is C15H21N3O2S. The fourth-order valence-corrected chi connectivity index (χ4v) is 4.50. The number of nitrogens with zero attached hydrogens (tertiary/aromatic N) is 1. The molecule has 2 N–H and O–H groups in total. The van der Waals surface area contributed by atoms with E-state index >= 15 is 0 Å². The number of benzene rings is 1. The second-order valence-electron chi connectivity index (χ2n) is 5.54. The van der Waals surface area contributed by atoms with Crippen LogP contribution in [-0.2, 0) is 16.6 Å². The molecule has 0 unspecified atom stereocenters. The van der Waals surface area contributed by atoms with Crippen LogP contribution in [0.4, 0.5) is 0 Å². The van der Waals surface area contributed by atoms with E-state index in [0.717, 1.165) is 18.6 Å². The van der Waals surface area contributed by atoms with Gasteiger partial charge in [0.15, 0.2) is 0 Å². The van der Waals surface area contributed by atoms with Gasteiger partial charge in [-0.25, -0.2) is 13.1 Å². The maximum Gasteiger partial charge on any atom is 0.215 e. The van der Waals surface area contributed by atoms with Crippen molar-refractivity contribution in [2.75, 3.05) is 19.6 Å². The lowest BCUT2D eigenvalue weighted by Gasteiger charge is -2.17. The zero-order valence-corrected chi connectivity index (χ0v) is 13.0. The number of H-pyrrole nitrogens is 1. The van der Waals surface area contributed by atoms with E-state index < -0.39 is 10.0 Å². The van der Waals surface area contributed by atoms with Crippen LogP contribution in [0.5, 0.6) is 0 Å². The fraction of sp³-hybridized carbons (Fsp3) is 0.467. The number of hydrogen-bond acceptors (Lipinski definition) is 3. The summed E-state index contributed by atoms with van der Waals surface area (Å²) >= 11 is 0. The van der Waals surface area contributed by atoms with Crippen molar-refractivity contribution >= 4 is 20.9 Å². The molecule has 1 aromatic carbocycles. The van der Waals surface area contributed by atoms with E-state index in [4.69, 9.17) is 0 Å². The summed E-state index contributed by atoms with van der Waals surface area (Å²) < 4.78 is 26.7. The van der Waals surface area contributed by atoms with Crippen molar-refractivity contribution in [1.82, 2.24) is 14.6 Å². The Bertz CT molecular complexity index is 723. The van der Waals surface area contributed by atoms with Gasteiger partial charge < -0.3 is 4.98 Å². The number of nitrogens with one attached hydrogen (secondary N) is 2. The lowest BCUT2D eigenvalue weighted by molar-refractivity contribution is 0.332. The SMILES string of the molecule is CCNS(=O)(=O)[C@@H]1CCN(Cc2cccc3[nH]ccc23)C1. The highest BCUT2D eigenvalue weighted by Gasteiger charge is 2.32. The molecule has 114 valence electrons. The second kappa shape index (κ2) is 5.79. The molecule has 0 aliphatic carbocycles. The minimum Gasteiger partial charge on any atom is -0.361 e. The van der Waals surface area contributed by atoms with Gasteiger partial charge in [-0.15, -0.1) is 0 Å². The molecule has 3 rings (SSSR count). The molecule has 6 heteroatoms. The van der Waals surface area contributed by atoms with Crippen molar-refractivity contribution in [3.8, 4) is 0 Å². The average molecular weight is 307 g/mol. The quantitative estimate of drug-likeness (QED) is 0.883. The highest BCUT2D eigenvalue weighted by molar-refractivity contribution is 7.90. The first-order valence-corrected chi connectivity index (χ1v) is 8.90.